The Hall–Kier alpha value is -4.49. The molecule has 0 heterocycles. The number of ether oxygens (including phenoxy) is 1. The van der Waals surface area contributed by atoms with Gasteiger partial charge >= 0.3 is 5.97 Å². The van der Waals surface area contributed by atoms with Crippen molar-refractivity contribution in [3.8, 4) is 0 Å². The molecule has 0 spiro atoms. The number of allylic oxidation sites excluding steroid dienone is 3. The van der Waals surface area contributed by atoms with Crippen LogP contribution in [0, 0.1) is 176 Å². The van der Waals surface area contributed by atoms with Gasteiger partial charge in [-0.15, -0.1) is 0 Å². The van der Waals surface area contributed by atoms with Crippen LogP contribution in [0.1, 0.15) is 314 Å². The van der Waals surface area contributed by atoms with Crippen LogP contribution in [0.3, 0.4) is 0 Å². The number of carbonyl (C=O) groups is 1. The van der Waals surface area contributed by atoms with E-state index in [9.17, 15) is 40.5 Å². The Bertz CT molecular complexity index is 4230. The van der Waals surface area contributed by atoms with Crippen molar-refractivity contribution in [2.45, 2.75) is 328 Å². The highest BCUT2D eigenvalue weighted by molar-refractivity contribution is 5.66. The SMILES string of the molecule is C=C(CO)[C@@H]1CC[C@]2(C(=C)NCc3ccccc3)CC[C@]3(C)C(CC[C@@H]4[C@@]5(C)CC[C@H](O)[C@@](C)(CO)[C@@H]5CC[C@]43C)[C@@H]12.C=C(CO)[C@@H]1CC[C@]2(C(=C)O)CC[C@]3(C)C(CC[C@@H]4[C@@]5(C)CC[C@H](O)[C@@](C)(CO)[C@@H]5CC[C@]43C)[C@@H]12.C=C(COC(C)=O)[C@@H]1CC[C@]2(C(=C)NCc3ccccc3)CC[C@]3(C)C(CC[C@@H]4[C@@]5(C)CC[C@H](C)[C@@](C)(CC)[C@@H]5CC[C@]43C)[C@@H]12. The molecule has 0 saturated heterocycles. The Labute approximate surface area is 739 Å². The molecule has 3 unspecified atom stereocenters. The van der Waals surface area contributed by atoms with Gasteiger partial charge < -0.3 is 51.1 Å². The molecule has 11 heteroatoms. The molecule has 15 fully saturated rings. The monoisotopic (exact) mass is 1680 g/mol. The number of benzene rings is 2. The van der Waals surface area contributed by atoms with Crippen molar-refractivity contribution in [1.29, 1.82) is 0 Å². The number of fused-ring (bicyclic) bond motifs is 21. The van der Waals surface area contributed by atoms with Crippen LogP contribution in [0.5, 0.6) is 0 Å². The van der Waals surface area contributed by atoms with Crippen LogP contribution in [0.4, 0.5) is 0 Å². The number of esters is 1. The highest BCUT2D eigenvalue weighted by Gasteiger charge is 2.76. The summed E-state index contributed by atoms with van der Waals surface area (Å²) in [7, 11) is 0. The summed E-state index contributed by atoms with van der Waals surface area (Å²) in [5, 5.41) is 82.0. The maximum atomic E-state index is 11.9. The van der Waals surface area contributed by atoms with Gasteiger partial charge in [-0.05, 0) is 369 Å². The van der Waals surface area contributed by atoms with Gasteiger partial charge in [-0.25, -0.2) is 0 Å². The second-order valence-electron chi connectivity index (χ2n) is 48.4. The Morgan fingerprint density at radius 1 is 0.393 bits per heavy atom. The van der Waals surface area contributed by atoms with E-state index < -0.39 is 23.0 Å². The van der Waals surface area contributed by atoms with Gasteiger partial charge in [-0.3, -0.25) is 4.79 Å². The first kappa shape index (κ1) is 92.2. The van der Waals surface area contributed by atoms with Crippen LogP contribution in [0.2, 0.25) is 0 Å². The number of rotatable bonds is 19. The number of aliphatic hydroxyl groups excluding tert-OH is 7. The summed E-state index contributed by atoms with van der Waals surface area (Å²) in [5.74, 6) is 8.35. The van der Waals surface area contributed by atoms with Gasteiger partial charge in [0, 0.05) is 58.5 Å². The molecule has 0 bridgehead atoms. The van der Waals surface area contributed by atoms with Gasteiger partial charge in [-0.1, -0.05) is 203 Å². The highest BCUT2D eigenvalue weighted by Crippen LogP contribution is 2.83. The quantitative estimate of drug-likeness (QED) is 0.0369. The van der Waals surface area contributed by atoms with Crippen molar-refractivity contribution in [2.24, 2.45) is 176 Å². The minimum atomic E-state index is -0.420. The molecule has 17 rings (SSSR count). The summed E-state index contributed by atoms with van der Waals surface area (Å²) >= 11 is 0. The maximum Gasteiger partial charge on any atom is 0.302 e. The van der Waals surface area contributed by atoms with Crippen LogP contribution in [0.25, 0.3) is 0 Å². The van der Waals surface area contributed by atoms with Crippen molar-refractivity contribution < 1.29 is 45.3 Å². The molecule has 0 amide bonds. The molecule has 0 aromatic heterocycles. The molecule has 678 valence electrons. The van der Waals surface area contributed by atoms with Crippen molar-refractivity contribution in [3.63, 3.8) is 0 Å². The fourth-order valence-electron chi connectivity index (χ4n) is 37.8. The first-order chi connectivity index (χ1) is 57.5. The summed E-state index contributed by atoms with van der Waals surface area (Å²) in [6.07, 6.45) is 35.0. The number of hydrogen-bond acceptors (Lipinski definition) is 11. The number of hydrogen-bond donors (Lipinski definition) is 9. The molecule has 15 aliphatic rings. The van der Waals surface area contributed by atoms with Gasteiger partial charge in [-0.2, -0.15) is 0 Å². The normalized spacial score (nSPS) is 49.1. The summed E-state index contributed by atoms with van der Waals surface area (Å²) in [4.78, 5) is 11.9. The molecule has 0 radical (unpaired) electrons. The Balaban J connectivity index is 0.000000143. The van der Waals surface area contributed by atoms with Gasteiger partial charge in [0.1, 0.15) is 6.61 Å². The van der Waals surface area contributed by atoms with Gasteiger partial charge in [0.05, 0.1) is 44.4 Å². The third kappa shape index (κ3) is 13.4. The molecule has 33 atom stereocenters. The standard InChI is InChI=1S/C42H63NO2.C38H57NO3.C31H50O4/c1-10-38(6)29(3)18-21-39(7)35(38)20-22-41(9)36(39)17-16-34-37-33(28(2)27-45-31(5)44)19-23-42(37,25-24-40(34,41)8)30(4)43-26-32-14-12-11-13-15-32;1-25(23-40)28-14-19-38(26(2)39-22-27-10-8-7-9-11-27)21-20-36(5)29(33(28)38)12-13-31-34(3)17-16-32(42)35(4,24-41)30(34)15-18-37(31,36)6;1-19(17-32)21-9-14-31(20(2)34)16-15-29(5)22(26(21)31)7-8-24-27(3)12-11-25(35)28(4,18-33)23(27)10-13-30(24,29)6/h11-15,29,33-37,43H,2,4,10,16-27H2,1,3,5-9H3;7-11,28-33,39-42H,1-2,12-24H2,3-6H3;21-26,32-35H,1-2,7-18H2,3-6H3/t29-,33-,34?,35-,36+,37+,38+,39-,40+,41+,42+;28-,29?,30+,31+,32-,33+,34-,35-,36+,37+,38+;21-,22?,23+,24+,25-,26+,27-,28-,29+,30+,31+/m000/s1. The molecular weight excluding hydrogens is 1510 g/mol. The van der Waals surface area contributed by atoms with Crippen molar-refractivity contribution in [2.75, 3.05) is 33.0 Å². The molecule has 9 N–H and O–H groups in total. The van der Waals surface area contributed by atoms with Gasteiger partial charge in [0.25, 0.3) is 0 Å². The number of nitrogens with one attached hydrogen (secondary N) is 2. The minimum Gasteiger partial charge on any atom is -0.512 e. The second-order valence-corrected chi connectivity index (χ2v) is 48.4. The molecular formula is C111H170N2O9. The van der Waals surface area contributed by atoms with Crippen LogP contribution < -0.4 is 10.6 Å². The third-order valence-electron chi connectivity index (χ3n) is 45.5. The van der Waals surface area contributed by atoms with E-state index in [-0.39, 0.29) is 92.5 Å². The van der Waals surface area contributed by atoms with E-state index in [0.29, 0.717) is 99.6 Å². The fraction of sp³-hybridized carbons (Fsp3) is 0.775. The predicted octanol–water partition coefficient (Wildman–Crippen LogP) is 23.8. The fourth-order valence-corrected chi connectivity index (χ4v) is 37.8. The van der Waals surface area contributed by atoms with Gasteiger partial charge in [0.2, 0.25) is 0 Å². The predicted molar refractivity (Wildman–Crippen MR) is 496 cm³/mol. The topological polar surface area (TPSA) is 192 Å². The second kappa shape index (κ2) is 32.9. The molecule has 2 aromatic rings. The molecule has 15 saturated carbocycles. The first-order valence-corrected chi connectivity index (χ1v) is 49.8. The van der Waals surface area contributed by atoms with Gasteiger partial charge in [0.15, 0.2) is 0 Å². The zero-order valence-electron chi connectivity index (χ0n) is 79.2. The molecule has 122 heavy (non-hydrogen) atoms. The first-order valence-electron chi connectivity index (χ1n) is 49.8. The van der Waals surface area contributed by atoms with E-state index in [2.05, 4.69) is 195 Å². The smallest absolute Gasteiger partial charge is 0.302 e. The lowest BCUT2D eigenvalue weighted by molar-refractivity contribution is -0.253. The van der Waals surface area contributed by atoms with Crippen molar-refractivity contribution >= 4 is 5.97 Å². The van der Waals surface area contributed by atoms with Crippen LogP contribution in [-0.2, 0) is 22.6 Å². The molecule has 11 nitrogen and oxygen atoms in total. The summed E-state index contributed by atoms with van der Waals surface area (Å²) in [6.45, 7) is 66.3. The van der Waals surface area contributed by atoms with E-state index in [1.807, 2.05) is 0 Å². The molecule has 0 aliphatic heterocycles. The zero-order valence-corrected chi connectivity index (χ0v) is 79.2. The van der Waals surface area contributed by atoms with E-state index in [1.54, 1.807) is 0 Å². The van der Waals surface area contributed by atoms with Crippen molar-refractivity contribution in [1.82, 2.24) is 10.6 Å². The number of aliphatic hydroxyl groups is 7. The average molecular weight is 1680 g/mol. The van der Waals surface area contributed by atoms with Crippen molar-refractivity contribution in [3.05, 3.63) is 145 Å². The highest BCUT2D eigenvalue weighted by atomic mass is 16.5. The Morgan fingerprint density at radius 2 is 0.730 bits per heavy atom. The average Bonchev–Trinajstić information content (AvgIpc) is 1.21. The summed E-state index contributed by atoms with van der Waals surface area (Å²) in [5.41, 5.74) is 9.65. The van der Waals surface area contributed by atoms with E-state index in [0.717, 1.165) is 157 Å². The summed E-state index contributed by atoms with van der Waals surface area (Å²) < 4.78 is 5.60. The third-order valence-corrected chi connectivity index (χ3v) is 45.5. The lowest BCUT2D eigenvalue weighted by Gasteiger charge is -2.73. The zero-order chi connectivity index (χ0) is 88.2. The van der Waals surface area contributed by atoms with Crippen LogP contribution in [0.15, 0.2) is 134 Å². The van der Waals surface area contributed by atoms with Crippen LogP contribution >= 0.6 is 0 Å². The molecule has 2 aromatic carbocycles. The lowest BCUT2D eigenvalue weighted by Crippen LogP contribution is -2.67. The Morgan fingerprint density at radius 3 is 1.07 bits per heavy atom. The van der Waals surface area contributed by atoms with E-state index in [4.69, 9.17) is 17.9 Å². The largest absolute Gasteiger partial charge is 0.512 e. The minimum absolute atomic E-state index is 0.0281. The Kier molecular flexibility index (Phi) is 24.8. The lowest BCUT2D eigenvalue weighted by atomic mass is 9.31. The van der Waals surface area contributed by atoms with E-state index >= 15 is 0 Å². The summed E-state index contributed by atoms with van der Waals surface area (Å²) in [6, 6.07) is 21.4. The number of carbonyl (C=O) groups excluding carboxylic acids is 1. The van der Waals surface area contributed by atoms with E-state index in [1.165, 1.54) is 119 Å². The van der Waals surface area contributed by atoms with Crippen LogP contribution in [-0.4, -0.2) is 87.0 Å². The molecule has 15 aliphatic carbocycles. The maximum absolute atomic E-state index is 11.9.